The minimum absolute atomic E-state index is 0.0216. The van der Waals surface area contributed by atoms with Crippen LogP contribution >= 0.6 is 23.1 Å². The number of hydrogen-bond donors (Lipinski definition) is 1. The number of aliphatic hydroxyl groups excluding tert-OH is 1. The molecule has 0 atom stereocenters. The zero-order valence-corrected chi connectivity index (χ0v) is 19.6. The molecule has 0 saturated carbocycles. The Labute approximate surface area is 190 Å². The van der Waals surface area contributed by atoms with Crippen LogP contribution in [0.2, 0.25) is 5.02 Å². The molecule has 31 heavy (non-hydrogen) atoms. The lowest BCUT2D eigenvalue weighted by Gasteiger charge is -2.23. The lowest BCUT2D eigenvalue weighted by Crippen LogP contribution is -2.32. The average Bonchev–Trinajstić information content (AvgIpc) is 3.33. The molecular formula is C20H25ClN4O4S2. The van der Waals surface area contributed by atoms with Gasteiger partial charge in [-0.2, -0.15) is 8.68 Å². The molecule has 8 nitrogen and oxygen atoms in total. The third kappa shape index (κ3) is 5.10. The highest BCUT2D eigenvalue weighted by molar-refractivity contribution is 7.88. The Balaban J connectivity index is 1.66. The minimum atomic E-state index is -3.45. The molecule has 3 aromatic rings. The van der Waals surface area contributed by atoms with Crippen molar-refractivity contribution in [1.82, 2.24) is 18.2 Å². The van der Waals surface area contributed by atoms with Crippen LogP contribution < -0.4 is 0 Å². The van der Waals surface area contributed by atoms with Gasteiger partial charge >= 0.3 is 0 Å². The summed E-state index contributed by atoms with van der Waals surface area (Å²) in [5.41, 5.74) is 1.83. The van der Waals surface area contributed by atoms with Gasteiger partial charge in [0.2, 0.25) is 10.0 Å². The standard InChI is InChI=1S/C20H25ClN4O4S2/c1-31(27,28)25(7-8-26)13-18-22-20(23-30-18)16-12-24(11-14-5-9-29-10-6-14)19-15(16)3-2-4-17(19)21/h2-4,12,14,26H,5-11,13H2,1H3. The Bertz CT molecular complexity index is 1160. The largest absolute Gasteiger partial charge is 0.395 e. The van der Waals surface area contributed by atoms with Gasteiger partial charge in [0, 0.05) is 43.4 Å². The summed E-state index contributed by atoms with van der Waals surface area (Å²) in [4.78, 5) is 4.60. The number of aromatic nitrogens is 3. The number of hydrogen-bond acceptors (Lipinski definition) is 7. The second-order valence-electron chi connectivity index (χ2n) is 7.72. The van der Waals surface area contributed by atoms with Crippen molar-refractivity contribution in [1.29, 1.82) is 0 Å². The molecule has 2 aromatic heterocycles. The Morgan fingerprint density at radius 3 is 2.84 bits per heavy atom. The number of aliphatic hydroxyl groups is 1. The number of rotatable bonds is 8. The number of fused-ring (bicyclic) bond motifs is 1. The Kier molecular flexibility index (Phi) is 6.95. The van der Waals surface area contributed by atoms with Gasteiger partial charge < -0.3 is 14.4 Å². The molecule has 0 spiro atoms. The Hall–Kier alpha value is -1.56. The number of halogens is 1. The van der Waals surface area contributed by atoms with E-state index in [4.69, 9.17) is 16.3 Å². The van der Waals surface area contributed by atoms with E-state index in [1.165, 1.54) is 4.31 Å². The van der Waals surface area contributed by atoms with E-state index in [-0.39, 0.29) is 19.7 Å². The van der Waals surface area contributed by atoms with E-state index in [0.29, 0.717) is 21.8 Å². The van der Waals surface area contributed by atoms with Crippen molar-refractivity contribution < 1.29 is 18.3 Å². The third-order valence-electron chi connectivity index (χ3n) is 5.48. The van der Waals surface area contributed by atoms with E-state index in [9.17, 15) is 13.5 Å². The molecule has 1 aromatic carbocycles. The number of para-hydroxylation sites is 1. The number of benzene rings is 1. The van der Waals surface area contributed by atoms with E-state index in [1.807, 2.05) is 24.4 Å². The molecule has 1 fully saturated rings. The summed E-state index contributed by atoms with van der Waals surface area (Å²) in [6.07, 6.45) is 5.20. The average molecular weight is 485 g/mol. The normalized spacial score (nSPS) is 15.9. The topological polar surface area (TPSA) is 97.6 Å². The molecule has 1 aliphatic heterocycles. The van der Waals surface area contributed by atoms with Gasteiger partial charge in [-0.15, -0.1) is 0 Å². The fourth-order valence-electron chi connectivity index (χ4n) is 3.90. The third-order valence-corrected chi connectivity index (χ3v) is 7.73. The smallest absolute Gasteiger partial charge is 0.211 e. The maximum Gasteiger partial charge on any atom is 0.211 e. The van der Waals surface area contributed by atoms with Gasteiger partial charge in [0.05, 0.1) is 29.9 Å². The SMILES string of the molecule is CS(=O)(=O)N(CCO)Cc1nc(-c2cn(CC3CCOCC3)c3c(Cl)cccc23)ns1. The molecule has 1 saturated heterocycles. The molecule has 168 valence electrons. The lowest BCUT2D eigenvalue weighted by molar-refractivity contribution is 0.0616. The predicted octanol–water partition coefficient (Wildman–Crippen LogP) is 2.99. The predicted molar refractivity (Wildman–Crippen MR) is 122 cm³/mol. The van der Waals surface area contributed by atoms with E-state index < -0.39 is 10.0 Å². The van der Waals surface area contributed by atoms with Gasteiger partial charge in [0.15, 0.2) is 5.82 Å². The molecule has 4 rings (SSSR count). The summed E-state index contributed by atoms with van der Waals surface area (Å²) in [5.74, 6) is 1.07. The van der Waals surface area contributed by atoms with Gasteiger partial charge in [-0.05, 0) is 36.4 Å². The van der Waals surface area contributed by atoms with Crippen molar-refractivity contribution in [3.63, 3.8) is 0 Å². The van der Waals surface area contributed by atoms with E-state index in [2.05, 4.69) is 13.9 Å². The molecular weight excluding hydrogens is 460 g/mol. The lowest BCUT2D eigenvalue weighted by atomic mass is 10.0. The van der Waals surface area contributed by atoms with Crippen molar-refractivity contribution in [3.05, 3.63) is 34.4 Å². The van der Waals surface area contributed by atoms with Crippen LogP contribution in [-0.4, -0.2) is 64.4 Å². The summed E-state index contributed by atoms with van der Waals surface area (Å²) in [6, 6.07) is 5.80. The van der Waals surface area contributed by atoms with Crippen molar-refractivity contribution in [2.75, 3.05) is 32.6 Å². The molecule has 1 N–H and O–H groups in total. The molecule has 0 bridgehead atoms. The molecule has 3 heterocycles. The molecule has 11 heteroatoms. The van der Waals surface area contributed by atoms with Crippen LogP contribution in [0.3, 0.4) is 0 Å². The highest BCUT2D eigenvalue weighted by Gasteiger charge is 2.22. The van der Waals surface area contributed by atoms with Crippen molar-refractivity contribution in [3.8, 4) is 11.4 Å². The summed E-state index contributed by atoms with van der Waals surface area (Å²) in [6.45, 7) is 2.26. The highest BCUT2D eigenvalue weighted by atomic mass is 35.5. The van der Waals surface area contributed by atoms with Crippen molar-refractivity contribution >= 4 is 44.1 Å². The second-order valence-corrected chi connectivity index (χ2v) is 10.9. The quantitative estimate of drug-likeness (QED) is 0.528. The maximum absolute atomic E-state index is 12.0. The van der Waals surface area contributed by atoms with Crippen LogP contribution in [0, 0.1) is 5.92 Å². The maximum atomic E-state index is 12.0. The Morgan fingerprint density at radius 1 is 1.35 bits per heavy atom. The number of ether oxygens (including phenoxy) is 1. The first-order valence-corrected chi connectivity index (χ1v) is 13.1. The van der Waals surface area contributed by atoms with Gasteiger partial charge in [-0.3, -0.25) is 0 Å². The first kappa shape index (κ1) is 22.6. The molecule has 0 amide bonds. The van der Waals surface area contributed by atoms with E-state index in [0.717, 1.165) is 66.9 Å². The molecule has 1 aliphatic rings. The van der Waals surface area contributed by atoms with Gasteiger partial charge in [-0.25, -0.2) is 13.4 Å². The zero-order chi connectivity index (χ0) is 22.0. The number of nitrogens with zero attached hydrogens (tertiary/aromatic N) is 4. The van der Waals surface area contributed by atoms with E-state index >= 15 is 0 Å². The van der Waals surface area contributed by atoms with Crippen LogP contribution in [0.5, 0.6) is 0 Å². The molecule has 0 radical (unpaired) electrons. The first-order chi connectivity index (χ1) is 14.9. The van der Waals surface area contributed by atoms with E-state index in [1.54, 1.807) is 0 Å². The monoisotopic (exact) mass is 484 g/mol. The first-order valence-electron chi connectivity index (χ1n) is 10.1. The van der Waals surface area contributed by atoms with Crippen LogP contribution in [0.25, 0.3) is 22.3 Å². The van der Waals surface area contributed by atoms with Crippen molar-refractivity contribution in [2.45, 2.75) is 25.9 Å². The summed E-state index contributed by atoms with van der Waals surface area (Å²) in [7, 11) is -3.45. The van der Waals surface area contributed by atoms with Crippen LogP contribution in [0.1, 0.15) is 17.8 Å². The second kappa shape index (κ2) is 9.51. The molecule has 0 unspecified atom stereocenters. The van der Waals surface area contributed by atoms with Crippen molar-refractivity contribution in [2.24, 2.45) is 5.92 Å². The summed E-state index contributed by atoms with van der Waals surface area (Å²) < 4.78 is 37.3. The Morgan fingerprint density at radius 2 is 2.13 bits per heavy atom. The summed E-state index contributed by atoms with van der Waals surface area (Å²) in [5, 5.41) is 11.4. The van der Waals surface area contributed by atoms with Crippen LogP contribution in [0.15, 0.2) is 24.4 Å². The zero-order valence-electron chi connectivity index (χ0n) is 17.2. The number of sulfonamides is 1. The van der Waals surface area contributed by atoms with Crippen LogP contribution in [0.4, 0.5) is 0 Å². The van der Waals surface area contributed by atoms with Gasteiger partial charge in [-0.1, -0.05) is 23.7 Å². The highest BCUT2D eigenvalue weighted by Crippen LogP contribution is 2.35. The van der Waals surface area contributed by atoms with Gasteiger partial charge in [0.1, 0.15) is 5.01 Å². The fourth-order valence-corrected chi connectivity index (χ4v) is 5.70. The van der Waals surface area contributed by atoms with Crippen LogP contribution in [-0.2, 0) is 27.8 Å². The molecule has 0 aliphatic carbocycles. The van der Waals surface area contributed by atoms with Gasteiger partial charge in [0.25, 0.3) is 0 Å². The fraction of sp³-hybridized carbons (Fsp3) is 0.500. The summed E-state index contributed by atoms with van der Waals surface area (Å²) >= 11 is 7.72. The minimum Gasteiger partial charge on any atom is -0.395 e.